The highest BCUT2D eigenvalue weighted by Gasteiger charge is 2.05. The normalized spacial score (nSPS) is 10.6. The third-order valence-corrected chi connectivity index (χ3v) is 1.44. The zero-order valence-corrected chi connectivity index (χ0v) is 6.28. The monoisotopic (exact) mass is 174 g/mol. The molecule has 0 atom stereocenters. The Morgan fingerprint density at radius 1 is 1.67 bits per heavy atom. The van der Waals surface area contributed by atoms with E-state index in [1.165, 1.54) is 17.0 Å². The summed E-state index contributed by atoms with van der Waals surface area (Å²) in [5.74, 6) is 0.190. The Labute approximate surface area is 68.0 Å². The number of carbonyl (C=O) groups excluding carboxylic acids is 1. The van der Waals surface area contributed by atoms with Gasteiger partial charge < -0.3 is 4.57 Å². The highest BCUT2D eigenvalue weighted by atomic mass is 19.3. The summed E-state index contributed by atoms with van der Waals surface area (Å²) < 4.78 is 24.9. The number of hydrogen-bond acceptors (Lipinski definition) is 2. The van der Waals surface area contributed by atoms with Crippen LogP contribution in [0.15, 0.2) is 12.4 Å². The Bertz CT molecular complexity index is 260. The summed E-state index contributed by atoms with van der Waals surface area (Å²) in [4.78, 5) is 13.9. The molecule has 5 heteroatoms. The van der Waals surface area contributed by atoms with Gasteiger partial charge in [-0.05, 0) is 0 Å². The van der Waals surface area contributed by atoms with E-state index in [4.69, 9.17) is 0 Å². The van der Waals surface area contributed by atoms with Crippen molar-refractivity contribution < 1.29 is 13.6 Å². The van der Waals surface area contributed by atoms with E-state index < -0.39 is 6.43 Å². The van der Waals surface area contributed by atoms with Crippen molar-refractivity contribution in [2.45, 2.75) is 19.4 Å². The van der Waals surface area contributed by atoms with Gasteiger partial charge in [0.1, 0.15) is 0 Å². The van der Waals surface area contributed by atoms with Gasteiger partial charge in [-0.15, -0.1) is 0 Å². The number of carbonyl (C=O) groups is 1. The molecule has 0 aliphatic rings. The summed E-state index contributed by atoms with van der Waals surface area (Å²) in [5, 5.41) is 0. The van der Waals surface area contributed by atoms with E-state index in [9.17, 15) is 13.6 Å². The molecular weight excluding hydrogens is 166 g/mol. The maximum absolute atomic E-state index is 11.7. The van der Waals surface area contributed by atoms with E-state index in [0.29, 0.717) is 6.29 Å². The smallest absolute Gasteiger partial charge is 0.240 e. The molecule has 0 aliphatic heterocycles. The van der Waals surface area contributed by atoms with Gasteiger partial charge in [-0.1, -0.05) is 0 Å². The van der Waals surface area contributed by atoms with Gasteiger partial charge in [-0.25, -0.2) is 13.8 Å². The van der Waals surface area contributed by atoms with Gasteiger partial charge >= 0.3 is 0 Å². The maximum atomic E-state index is 11.7. The van der Waals surface area contributed by atoms with Gasteiger partial charge in [0.05, 0.1) is 0 Å². The van der Waals surface area contributed by atoms with Crippen molar-refractivity contribution in [1.29, 1.82) is 0 Å². The van der Waals surface area contributed by atoms with Crippen molar-refractivity contribution in [3.63, 3.8) is 0 Å². The molecule has 0 aromatic carbocycles. The molecule has 12 heavy (non-hydrogen) atoms. The number of hydrogen-bond donors (Lipinski definition) is 0. The SMILES string of the molecule is O=Cc1nccn1CCC(F)F. The lowest BCUT2D eigenvalue weighted by Crippen LogP contribution is -2.05. The van der Waals surface area contributed by atoms with Gasteiger partial charge in [-0.2, -0.15) is 0 Å². The van der Waals surface area contributed by atoms with Gasteiger partial charge in [-0.3, -0.25) is 4.79 Å². The van der Waals surface area contributed by atoms with Crippen molar-refractivity contribution >= 4 is 6.29 Å². The number of nitrogens with zero attached hydrogens (tertiary/aromatic N) is 2. The summed E-state index contributed by atoms with van der Waals surface area (Å²) in [6, 6.07) is 0. The first kappa shape index (κ1) is 8.83. The zero-order valence-electron chi connectivity index (χ0n) is 6.28. The number of aldehydes is 1. The number of imidazole rings is 1. The number of aromatic nitrogens is 2. The van der Waals surface area contributed by atoms with E-state index in [-0.39, 0.29) is 18.8 Å². The van der Waals surface area contributed by atoms with Crippen molar-refractivity contribution in [1.82, 2.24) is 9.55 Å². The summed E-state index contributed by atoms with van der Waals surface area (Å²) >= 11 is 0. The van der Waals surface area contributed by atoms with E-state index in [2.05, 4.69) is 4.98 Å². The first-order chi connectivity index (χ1) is 5.74. The minimum atomic E-state index is -2.34. The number of alkyl halides is 2. The lowest BCUT2D eigenvalue weighted by Gasteiger charge is -2.02. The molecule has 66 valence electrons. The van der Waals surface area contributed by atoms with Crippen molar-refractivity contribution in [2.24, 2.45) is 0 Å². The lowest BCUT2D eigenvalue weighted by molar-refractivity contribution is 0.110. The van der Waals surface area contributed by atoms with Crippen LogP contribution in [-0.2, 0) is 6.54 Å². The average molecular weight is 174 g/mol. The second kappa shape index (κ2) is 3.94. The minimum Gasteiger partial charge on any atom is -0.329 e. The molecule has 0 saturated heterocycles. The second-order valence-corrected chi connectivity index (χ2v) is 2.28. The Kier molecular flexibility index (Phi) is 2.90. The molecule has 1 heterocycles. The Hall–Kier alpha value is -1.26. The van der Waals surface area contributed by atoms with Crippen LogP contribution in [0.2, 0.25) is 0 Å². The largest absolute Gasteiger partial charge is 0.329 e. The molecule has 0 bridgehead atoms. The van der Waals surface area contributed by atoms with Gasteiger partial charge in [0, 0.05) is 25.4 Å². The van der Waals surface area contributed by atoms with Crippen LogP contribution < -0.4 is 0 Å². The average Bonchev–Trinajstić information content (AvgIpc) is 2.47. The molecule has 1 aromatic rings. The lowest BCUT2D eigenvalue weighted by atomic mass is 10.4. The predicted molar refractivity (Wildman–Crippen MR) is 38.2 cm³/mol. The van der Waals surface area contributed by atoms with Crippen LogP contribution in [0.1, 0.15) is 17.0 Å². The molecule has 0 saturated carbocycles. The molecule has 0 unspecified atom stereocenters. The van der Waals surface area contributed by atoms with Gasteiger partial charge in [0.15, 0.2) is 12.1 Å². The van der Waals surface area contributed by atoms with E-state index in [0.717, 1.165) is 0 Å². The molecule has 0 radical (unpaired) electrons. The van der Waals surface area contributed by atoms with Gasteiger partial charge in [0.2, 0.25) is 6.43 Å². The first-order valence-electron chi connectivity index (χ1n) is 3.48. The number of aryl methyl sites for hydroxylation is 1. The Balaban J connectivity index is 2.56. The summed E-state index contributed by atoms with van der Waals surface area (Å²) in [6.07, 6.45) is 0.871. The van der Waals surface area contributed by atoms with Crippen molar-refractivity contribution in [3.05, 3.63) is 18.2 Å². The first-order valence-corrected chi connectivity index (χ1v) is 3.48. The Morgan fingerprint density at radius 3 is 3.00 bits per heavy atom. The third kappa shape index (κ3) is 2.11. The second-order valence-electron chi connectivity index (χ2n) is 2.28. The molecule has 3 nitrogen and oxygen atoms in total. The summed E-state index contributed by atoms with van der Waals surface area (Å²) in [6.45, 7) is 0.131. The molecule has 0 spiro atoms. The number of rotatable bonds is 4. The standard InChI is InChI=1S/C7H8F2N2O/c8-6(9)1-3-11-4-2-10-7(11)5-12/h2,4-6H,1,3H2. The van der Waals surface area contributed by atoms with Crippen LogP contribution in [0.4, 0.5) is 8.78 Å². The number of halogens is 2. The third-order valence-electron chi connectivity index (χ3n) is 1.44. The highest BCUT2D eigenvalue weighted by molar-refractivity contribution is 5.69. The summed E-state index contributed by atoms with van der Waals surface area (Å²) in [7, 11) is 0. The molecule has 0 N–H and O–H groups in total. The van der Waals surface area contributed by atoms with Crippen molar-refractivity contribution in [3.8, 4) is 0 Å². The fourth-order valence-corrected chi connectivity index (χ4v) is 0.865. The fraction of sp³-hybridized carbons (Fsp3) is 0.429. The van der Waals surface area contributed by atoms with E-state index in [1.807, 2.05) is 0 Å². The Morgan fingerprint density at radius 2 is 2.42 bits per heavy atom. The molecule has 0 amide bonds. The topological polar surface area (TPSA) is 34.9 Å². The quantitative estimate of drug-likeness (QED) is 0.646. The minimum absolute atomic E-state index is 0.131. The van der Waals surface area contributed by atoms with Crippen LogP contribution in [0.25, 0.3) is 0 Å². The van der Waals surface area contributed by atoms with Crippen LogP contribution in [0.5, 0.6) is 0 Å². The van der Waals surface area contributed by atoms with Crippen LogP contribution >= 0.6 is 0 Å². The molecule has 1 aromatic heterocycles. The molecule has 0 aliphatic carbocycles. The van der Waals surface area contributed by atoms with Crippen LogP contribution in [0.3, 0.4) is 0 Å². The van der Waals surface area contributed by atoms with Crippen LogP contribution in [-0.4, -0.2) is 22.3 Å². The van der Waals surface area contributed by atoms with Crippen LogP contribution in [0, 0.1) is 0 Å². The van der Waals surface area contributed by atoms with Crippen molar-refractivity contribution in [2.75, 3.05) is 0 Å². The van der Waals surface area contributed by atoms with E-state index >= 15 is 0 Å². The zero-order chi connectivity index (χ0) is 8.97. The molecule has 0 fully saturated rings. The molecule has 1 rings (SSSR count). The predicted octanol–water partition coefficient (Wildman–Crippen LogP) is 1.35. The van der Waals surface area contributed by atoms with E-state index in [1.54, 1.807) is 0 Å². The maximum Gasteiger partial charge on any atom is 0.240 e. The molecular formula is C7H8F2N2O. The fourth-order valence-electron chi connectivity index (χ4n) is 0.865. The summed E-state index contributed by atoms with van der Waals surface area (Å²) in [5.41, 5.74) is 0. The highest BCUT2D eigenvalue weighted by Crippen LogP contribution is 2.03. The van der Waals surface area contributed by atoms with Gasteiger partial charge in [0.25, 0.3) is 0 Å².